The number of fused-ring (bicyclic) bond motifs is 1. The van der Waals surface area contributed by atoms with Crippen LogP contribution in [0.4, 0.5) is 5.69 Å². The Kier molecular flexibility index (Phi) is 12.7. The average Bonchev–Trinajstić information content (AvgIpc) is 3.06. The fraction of sp³-hybridized carbons (Fsp3) is 0.432. The molecule has 1 heterocycles. The van der Waals surface area contributed by atoms with Crippen molar-refractivity contribution in [3.63, 3.8) is 0 Å². The maximum atomic E-state index is 14.3. The minimum Gasteiger partial charge on any atom is -0.490 e. The van der Waals surface area contributed by atoms with Crippen molar-refractivity contribution >= 4 is 23.4 Å². The van der Waals surface area contributed by atoms with E-state index < -0.39 is 6.04 Å². The predicted octanol–water partition coefficient (Wildman–Crippen LogP) is 5.44. The van der Waals surface area contributed by atoms with Crippen molar-refractivity contribution in [2.45, 2.75) is 64.7 Å². The van der Waals surface area contributed by atoms with Crippen LogP contribution in [0, 0.1) is 5.92 Å². The lowest BCUT2D eigenvalue weighted by molar-refractivity contribution is -0.115. The lowest BCUT2D eigenvalue weighted by Gasteiger charge is -2.36. The molecule has 2 N–H and O–H groups in total. The fourth-order valence-electron chi connectivity index (χ4n) is 5.60. The number of hydrogen-bond acceptors (Lipinski definition) is 6. The Morgan fingerprint density at radius 1 is 1.02 bits per heavy atom. The van der Waals surface area contributed by atoms with Crippen molar-refractivity contribution < 1.29 is 29.0 Å². The molecule has 0 fully saturated rings. The van der Waals surface area contributed by atoms with E-state index in [4.69, 9.17) is 9.47 Å². The standard InChI is InChI=1S/C37H47N3O6/c1-26-23-40(27(2)25-41)37(44)32-22-31(38-35(42)21-29-14-7-5-8-15-29)18-19-33(32)46-28(3)13-11-12-20-45-34(26)24-39(4)36(43)30-16-9-6-10-17-30/h5-10,14-19,22,26-28,34,41H,11-13,20-21,23-25H2,1-4H3,(H,38,42)/t26-,27-,28-,34+/m1/s1. The molecule has 0 unspecified atom stereocenters. The number of amides is 3. The second kappa shape index (κ2) is 16.9. The molecule has 1 aliphatic rings. The van der Waals surface area contributed by atoms with E-state index in [1.165, 1.54) is 0 Å². The van der Waals surface area contributed by atoms with Gasteiger partial charge in [0.15, 0.2) is 0 Å². The third kappa shape index (κ3) is 9.64. The molecule has 246 valence electrons. The normalized spacial score (nSPS) is 20.1. The molecule has 3 amide bonds. The zero-order chi connectivity index (χ0) is 33.1. The van der Waals surface area contributed by atoms with Gasteiger partial charge in [-0.3, -0.25) is 14.4 Å². The van der Waals surface area contributed by atoms with E-state index in [0.717, 1.165) is 24.8 Å². The number of aliphatic hydroxyl groups is 1. The van der Waals surface area contributed by atoms with Crippen LogP contribution in [0.2, 0.25) is 0 Å². The molecule has 0 aliphatic carbocycles. The third-order valence-electron chi connectivity index (χ3n) is 8.36. The molecule has 0 radical (unpaired) electrons. The highest BCUT2D eigenvalue weighted by molar-refractivity contribution is 6.00. The summed E-state index contributed by atoms with van der Waals surface area (Å²) in [6, 6.07) is 23.2. The number of ether oxygens (including phenoxy) is 2. The fourth-order valence-corrected chi connectivity index (χ4v) is 5.60. The molecule has 0 saturated heterocycles. The lowest BCUT2D eigenvalue weighted by atomic mass is 10.0. The SMILES string of the molecule is C[C@@H]1CCCCO[C@@H](CN(C)C(=O)c2ccccc2)[C@H](C)CN([C@H](C)CO)C(=O)c2cc(NC(=O)Cc3ccccc3)ccc2O1. The minimum atomic E-state index is -0.506. The quantitative estimate of drug-likeness (QED) is 0.344. The van der Waals surface area contributed by atoms with Gasteiger partial charge in [-0.1, -0.05) is 55.5 Å². The van der Waals surface area contributed by atoms with Gasteiger partial charge in [-0.25, -0.2) is 0 Å². The Hall–Kier alpha value is -4.21. The summed E-state index contributed by atoms with van der Waals surface area (Å²) in [5, 5.41) is 13.1. The van der Waals surface area contributed by atoms with Crippen LogP contribution in [0.15, 0.2) is 78.9 Å². The van der Waals surface area contributed by atoms with Gasteiger partial charge in [0.1, 0.15) is 5.75 Å². The molecule has 4 atom stereocenters. The Bertz CT molecular complexity index is 1430. The second-order valence-corrected chi connectivity index (χ2v) is 12.3. The van der Waals surface area contributed by atoms with Crippen molar-refractivity contribution in [2.75, 3.05) is 38.7 Å². The zero-order valence-corrected chi connectivity index (χ0v) is 27.4. The minimum absolute atomic E-state index is 0.103. The van der Waals surface area contributed by atoms with Crippen molar-refractivity contribution in [3.05, 3.63) is 95.6 Å². The molecule has 3 aromatic carbocycles. The number of hydrogen-bond donors (Lipinski definition) is 2. The molecule has 3 aromatic rings. The van der Waals surface area contributed by atoms with E-state index in [2.05, 4.69) is 5.32 Å². The largest absolute Gasteiger partial charge is 0.490 e. The van der Waals surface area contributed by atoms with Gasteiger partial charge < -0.3 is 29.7 Å². The second-order valence-electron chi connectivity index (χ2n) is 12.3. The summed E-state index contributed by atoms with van der Waals surface area (Å²) in [7, 11) is 1.76. The molecule has 9 nitrogen and oxygen atoms in total. The van der Waals surface area contributed by atoms with E-state index in [1.54, 1.807) is 54.1 Å². The van der Waals surface area contributed by atoms with Crippen molar-refractivity contribution in [2.24, 2.45) is 5.92 Å². The van der Waals surface area contributed by atoms with E-state index in [-0.39, 0.29) is 55.4 Å². The number of anilines is 1. The van der Waals surface area contributed by atoms with Crippen LogP contribution in [-0.2, 0) is 16.0 Å². The Labute approximate surface area is 272 Å². The smallest absolute Gasteiger partial charge is 0.258 e. The maximum Gasteiger partial charge on any atom is 0.258 e. The highest BCUT2D eigenvalue weighted by atomic mass is 16.5. The number of benzene rings is 3. The average molecular weight is 630 g/mol. The number of likely N-dealkylation sites (N-methyl/N-ethyl adjacent to an activating group) is 1. The number of aliphatic hydroxyl groups excluding tert-OH is 1. The summed E-state index contributed by atoms with van der Waals surface area (Å²) >= 11 is 0. The monoisotopic (exact) mass is 629 g/mol. The molecule has 46 heavy (non-hydrogen) atoms. The maximum absolute atomic E-state index is 14.3. The summed E-state index contributed by atoms with van der Waals surface area (Å²) in [5.41, 5.74) is 2.28. The van der Waals surface area contributed by atoms with Gasteiger partial charge in [0, 0.05) is 43.9 Å². The Morgan fingerprint density at radius 2 is 1.72 bits per heavy atom. The first kappa shape index (κ1) is 34.7. The summed E-state index contributed by atoms with van der Waals surface area (Å²) in [6.45, 7) is 6.67. The Balaban J connectivity index is 1.60. The summed E-state index contributed by atoms with van der Waals surface area (Å²) < 4.78 is 12.7. The zero-order valence-electron chi connectivity index (χ0n) is 27.4. The highest BCUT2D eigenvalue weighted by Gasteiger charge is 2.31. The predicted molar refractivity (Wildman–Crippen MR) is 179 cm³/mol. The number of carbonyl (C=O) groups excluding carboxylic acids is 3. The topological polar surface area (TPSA) is 108 Å². The van der Waals surface area contributed by atoms with Crippen molar-refractivity contribution in [3.8, 4) is 5.75 Å². The third-order valence-corrected chi connectivity index (χ3v) is 8.36. The molecular formula is C37H47N3O6. The van der Waals surface area contributed by atoms with Gasteiger partial charge in [-0.2, -0.15) is 0 Å². The summed E-state index contributed by atoms with van der Waals surface area (Å²) in [5.74, 6) is -0.367. The molecule has 4 rings (SSSR count). The van der Waals surface area contributed by atoms with E-state index >= 15 is 0 Å². The first-order valence-electron chi connectivity index (χ1n) is 16.1. The van der Waals surface area contributed by atoms with Gasteiger partial charge in [0.05, 0.1) is 36.8 Å². The summed E-state index contributed by atoms with van der Waals surface area (Å²) in [4.78, 5) is 43.7. The molecule has 0 spiro atoms. The van der Waals surface area contributed by atoms with Gasteiger partial charge in [-0.15, -0.1) is 0 Å². The molecule has 0 bridgehead atoms. The molecule has 0 aromatic heterocycles. The van der Waals surface area contributed by atoms with Gasteiger partial charge in [0.2, 0.25) is 5.91 Å². The molecule has 0 saturated carbocycles. The first-order valence-corrected chi connectivity index (χ1v) is 16.1. The number of rotatable bonds is 8. The van der Waals surface area contributed by atoms with Crippen LogP contribution in [-0.4, -0.2) is 84.2 Å². The van der Waals surface area contributed by atoms with Crippen LogP contribution in [0.25, 0.3) is 0 Å². The van der Waals surface area contributed by atoms with Gasteiger partial charge >= 0.3 is 0 Å². The van der Waals surface area contributed by atoms with Crippen molar-refractivity contribution in [1.82, 2.24) is 9.80 Å². The first-order chi connectivity index (χ1) is 22.2. The van der Waals surface area contributed by atoms with E-state index in [0.29, 0.717) is 35.7 Å². The highest BCUT2D eigenvalue weighted by Crippen LogP contribution is 2.28. The van der Waals surface area contributed by atoms with Crippen molar-refractivity contribution in [1.29, 1.82) is 0 Å². The Morgan fingerprint density at radius 3 is 2.41 bits per heavy atom. The summed E-state index contributed by atoms with van der Waals surface area (Å²) in [6.07, 6.45) is 2.14. The van der Waals surface area contributed by atoms with Crippen LogP contribution < -0.4 is 10.1 Å². The van der Waals surface area contributed by atoms with Crippen LogP contribution in [0.1, 0.15) is 66.3 Å². The van der Waals surface area contributed by atoms with E-state index in [9.17, 15) is 19.5 Å². The lowest BCUT2D eigenvalue weighted by Crippen LogP contribution is -2.48. The molecule has 1 aliphatic heterocycles. The van der Waals surface area contributed by atoms with Gasteiger partial charge in [-0.05, 0) is 69.0 Å². The van der Waals surface area contributed by atoms with Crippen LogP contribution >= 0.6 is 0 Å². The molecular weight excluding hydrogens is 582 g/mol. The van der Waals surface area contributed by atoms with Crippen LogP contribution in [0.5, 0.6) is 5.75 Å². The molecule has 9 heteroatoms. The van der Waals surface area contributed by atoms with Crippen LogP contribution in [0.3, 0.4) is 0 Å². The number of nitrogens with one attached hydrogen (secondary N) is 1. The number of carbonyl (C=O) groups is 3. The van der Waals surface area contributed by atoms with Gasteiger partial charge in [0.25, 0.3) is 11.8 Å². The van der Waals surface area contributed by atoms with E-state index in [1.807, 2.05) is 62.4 Å². The number of nitrogens with zero attached hydrogens (tertiary/aromatic N) is 2.